The van der Waals surface area contributed by atoms with Crippen LogP contribution >= 0.6 is 0 Å². The number of rotatable bonds is 6. The first-order valence-electron chi connectivity index (χ1n) is 10.4. The van der Waals surface area contributed by atoms with E-state index >= 15 is 0 Å². The van der Waals surface area contributed by atoms with Gasteiger partial charge in [0, 0.05) is 16.8 Å². The summed E-state index contributed by atoms with van der Waals surface area (Å²) in [5, 5.41) is 2.51. The molecule has 3 aromatic carbocycles. The lowest BCUT2D eigenvalue weighted by molar-refractivity contribution is -0.137. The highest BCUT2D eigenvalue weighted by atomic mass is 19.4. The Balaban J connectivity index is 1.74. The Hall–Kier alpha value is -3.48. The van der Waals surface area contributed by atoms with E-state index in [0.717, 1.165) is 12.1 Å². The molecule has 33 heavy (non-hydrogen) atoms. The lowest BCUT2D eigenvalue weighted by Gasteiger charge is -2.19. The molecule has 0 aromatic heterocycles. The van der Waals surface area contributed by atoms with Gasteiger partial charge in [0.2, 0.25) is 0 Å². The van der Waals surface area contributed by atoms with Crippen molar-refractivity contribution in [2.75, 3.05) is 12.4 Å². The van der Waals surface area contributed by atoms with Gasteiger partial charge in [0.25, 0.3) is 5.91 Å². The molecule has 0 saturated carbocycles. The third-order valence-corrected chi connectivity index (χ3v) is 5.11. The third-order valence-electron chi connectivity index (χ3n) is 5.11. The Kier molecular flexibility index (Phi) is 7.01. The van der Waals surface area contributed by atoms with Crippen LogP contribution in [0.2, 0.25) is 0 Å². The number of amides is 1. The molecule has 0 aliphatic rings. The van der Waals surface area contributed by atoms with Gasteiger partial charge in [0.1, 0.15) is 18.1 Å². The van der Waals surface area contributed by atoms with Gasteiger partial charge in [-0.25, -0.2) is 0 Å². The quantitative estimate of drug-likeness (QED) is 0.441. The van der Waals surface area contributed by atoms with E-state index in [1.807, 2.05) is 24.3 Å². The van der Waals surface area contributed by atoms with Crippen LogP contribution in [0.3, 0.4) is 0 Å². The number of anilines is 1. The fraction of sp³-hybridized carbons (Fsp3) is 0.269. The summed E-state index contributed by atoms with van der Waals surface area (Å²) in [5.41, 5.74) is 1.34. The Bertz CT molecular complexity index is 1120. The smallest absolute Gasteiger partial charge is 0.416 e. The minimum atomic E-state index is -4.49. The van der Waals surface area contributed by atoms with E-state index in [1.165, 1.54) is 24.8 Å². The highest BCUT2D eigenvalue weighted by Gasteiger charge is 2.30. The average molecular weight is 457 g/mol. The third kappa shape index (κ3) is 6.28. The van der Waals surface area contributed by atoms with Crippen molar-refractivity contribution in [2.45, 2.75) is 39.0 Å². The summed E-state index contributed by atoms with van der Waals surface area (Å²) in [4.78, 5) is 12.7. The number of halogens is 3. The number of nitrogens with one attached hydrogen (secondary N) is 1. The summed E-state index contributed by atoms with van der Waals surface area (Å²) in [6, 6.07) is 17.1. The molecular weight excluding hydrogens is 431 g/mol. The average Bonchev–Trinajstić information content (AvgIpc) is 2.76. The molecule has 0 atom stereocenters. The summed E-state index contributed by atoms with van der Waals surface area (Å²) >= 11 is 0. The van der Waals surface area contributed by atoms with Gasteiger partial charge in [0.05, 0.1) is 12.7 Å². The van der Waals surface area contributed by atoms with E-state index in [4.69, 9.17) is 9.47 Å². The van der Waals surface area contributed by atoms with Crippen LogP contribution in [0.15, 0.2) is 66.7 Å². The highest BCUT2D eigenvalue weighted by molar-refractivity contribution is 6.04. The van der Waals surface area contributed by atoms with Crippen LogP contribution in [0.25, 0.3) is 0 Å². The first-order chi connectivity index (χ1) is 15.5. The Morgan fingerprint density at radius 3 is 2.21 bits per heavy atom. The van der Waals surface area contributed by atoms with Crippen LogP contribution in [0.5, 0.6) is 11.5 Å². The molecule has 1 amide bonds. The van der Waals surface area contributed by atoms with Gasteiger partial charge in [-0.2, -0.15) is 13.2 Å². The first-order valence-corrected chi connectivity index (χ1v) is 10.4. The zero-order valence-electron chi connectivity index (χ0n) is 18.9. The van der Waals surface area contributed by atoms with Gasteiger partial charge < -0.3 is 14.8 Å². The number of methoxy groups -OCH3 is 1. The van der Waals surface area contributed by atoms with Crippen molar-refractivity contribution in [3.63, 3.8) is 0 Å². The summed E-state index contributed by atoms with van der Waals surface area (Å²) in [6.45, 7) is 6.54. The fourth-order valence-corrected chi connectivity index (χ4v) is 3.22. The monoisotopic (exact) mass is 457 g/mol. The van der Waals surface area contributed by atoms with Crippen molar-refractivity contribution in [2.24, 2.45) is 0 Å². The number of hydrogen-bond acceptors (Lipinski definition) is 3. The Morgan fingerprint density at radius 1 is 0.909 bits per heavy atom. The molecule has 174 valence electrons. The molecule has 0 heterocycles. The topological polar surface area (TPSA) is 47.6 Å². The Morgan fingerprint density at radius 2 is 1.61 bits per heavy atom. The largest absolute Gasteiger partial charge is 0.496 e. The number of benzene rings is 3. The number of hydrogen-bond donors (Lipinski definition) is 1. The molecule has 0 bridgehead atoms. The number of carbonyl (C=O) groups excluding carboxylic acids is 1. The standard InChI is InChI=1S/C26H26F3NO3/c1-25(2,3)19-9-11-22(12-10-19)33-16-18-14-17(8-13-23(18)32-4)24(31)30-21-7-5-6-20(15-21)26(27,28)29/h5-15H,16H2,1-4H3,(H,30,31). The second-order valence-corrected chi connectivity index (χ2v) is 8.62. The Labute approximate surface area is 191 Å². The van der Waals surface area contributed by atoms with Crippen LogP contribution in [0.1, 0.15) is 47.8 Å². The normalized spacial score (nSPS) is 11.7. The molecule has 0 aliphatic heterocycles. The van der Waals surface area contributed by atoms with Gasteiger partial charge >= 0.3 is 6.18 Å². The predicted octanol–water partition coefficient (Wildman–Crippen LogP) is 6.84. The molecular formula is C26H26F3NO3. The van der Waals surface area contributed by atoms with E-state index in [9.17, 15) is 18.0 Å². The molecule has 3 aromatic rings. The summed E-state index contributed by atoms with van der Waals surface area (Å²) in [5.74, 6) is 0.675. The van der Waals surface area contributed by atoms with E-state index in [-0.39, 0.29) is 23.3 Å². The van der Waals surface area contributed by atoms with Crippen molar-refractivity contribution in [1.82, 2.24) is 0 Å². The molecule has 0 radical (unpaired) electrons. The van der Waals surface area contributed by atoms with Gasteiger partial charge in [-0.1, -0.05) is 39.0 Å². The molecule has 0 fully saturated rings. The van der Waals surface area contributed by atoms with Crippen molar-refractivity contribution in [3.8, 4) is 11.5 Å². The van der Waals surface area contributed by atoms with Crippen molar-refractivity contribution in [3.05, 3.63) is 89.0 Å². The second-order valence-electron chi connectivity index (χ2n) is 8.62. The van der Waals surface area contributed by atoms with Crippen LogP contribution in [0.4, 0.5) is 18.9 Å². The maximum atomic E-state index is 12.9. The zero-order valence-corrected chi connectivity index (χ0v) is 18.9. The predicted molar refractivity (Wildman–Crippen MR) is 122 cm³/mol. The lowest BCUT2D eigenvalue weighted by Crippen LogP contribution is -2.14. The SMILES string of the molecule is COc1ccc(C(=O)Nc2cccc(C(F)(F)F)c2)cc1COc1ccc(C(C)(C)C)cc1. The maximum Gasteiger partial charge on any atom is 0.416 e. The van der Waals surface area contributed by atoms with Crippen LogP contribution in [-0.4, -0.2) is 13.0 Å². The maximum absolute atomic E-state index is 12.9. The molecule has 0 spiro atoms. The van der Waals surface area contributed by atoms with Gasteiger partial charge in [-0.15, -0.1) is 0 Å². The molecule has 0 unspecified atom stereocenters. The first kappa shape index (κ1) is 24.2. The van der Waals surface area contributed by atoms with E-state index in [0.29, 0.717) is 17.1 Å². The van der Waals surface area contributed by atoms with Crippen molar-refractivity contribution < 1.29 is 27.4 Å². The lowest BCUT2D eigenvalue weighted by atomic mass is 9.87. The van der Waals surface area contributed by atoms with Crippen molar-refractivity contribution in [1.29, 1.82) is 0 Å². The van der Waals surface area contributed by atoms with Crippen LogP contribution in [-0.2, 0) is 18.2 Å². The summed E-state index contributed by atoms with van der Waals surface area (Å²) < 4.78 is 50.0. The fourth-order valence-electron chi connectivity index (χ4n) is 3.22. The number of alkyl halides is 3. The summed E-state index contributed by atoms with van der Waals surface area (Å²) in [7, 11) is 1.51. The molecule has 7 heteroatoms. The molecule has 4 nitrogen and oxygen atoms in total. The van der Waals surface area contributed by atoms with E-state index in [2.05, 4.69) is 26.1 Å². The van der Waals surface area contributed by atoms with Crippen LogP contribution < -0.4 is 14.8 Å². The highest BCUT2D eigenvalue weighted by Crippen LogP contribution is 2.31. The minimum absolute atomic E-state index is 0.0308. The summed E-state index contributed by atoms with van der Waals surface area (Å²) in [6.07, 6.45) is -4.49. The van der Waals surface area contributed by atoms with E-state index < -0.39 is 17.6 Å². The number of ether oxygens (including phenoxy) is 2. The molecule has 0 aliphatic carbocycles. The van der Waals surface area contributed by atoms with Gasteiger partial charge in [-0.3, -0.25) is 4.79 Å². The minimum Gasteiger partial charge on any atom is -0.496 e. The van der Waals surface area contributed by atoms with Crippen LogP contribution in [0, 0.1) is 0 Å². The molecule has 0 saturated heterocycles. The van der Waals surface area contributed by atoms with Crippen molar-refractivity contribution >= 4 is 11.6 Å². The second kappa shape index (κ2) is 9.57. The van der Waals surface area contributed by atoms with Gasteiger partial charge in [-0.05, 0) is 59.5 Å². The van der Waals surface area contributed by atoms with Gasteiger partial charge in [0.15, 0.2) is 0 Å². The zero-order chi connectivity index (χ0) is 24.2. The molecule has 3 rings (SSSR count). The molecule has 1 N–H and O–H groups in total. The van der Waals surface area contributed by atoms with E-state index in [1.54, 1.807) is 18.2 Å². The number of carbonyl (C=O) groups is 1.